The second kappa shape index (κ2) is 5.35. The quantitative estimate of drug-likeness (QED) is 0.813. The van der Waals surface area contributed by atoms with Gasteiger partial charge in [-0.1, -0.05) is 23.7 Å². The number of carbonyl (C=O) groups excluding carboxylic acids is 2. The highest BCUT2D eigenvalue weighted by Crippen LogP contribution is 2.43. The second-order valence-electron chi connectivity index (χ2n) is 4.78. The molecule has 0 fully saturated rings. The number of carbonyl (C=O) groups is 2. The first-order valence-electron chi connectivity index (χ1n) is 6.52. The van der Waals surface area contributed by atoms with E-state index in [2.05, 4.69) is 5.32 Å². The average Bonchev–Trinajstić information content (AvgIpc) is 2.67. The number of amides is 1. The summed E-state index contributed by atoms with van der Waals surface area (Å²) in [5.41, 5.74) is 1.41. The van der Waals surface area contributed by atoms with E-state index in [-0.39, 0.29) is 17.2 Å². The molecule has 0 radical (unpaired) electrons. The van der Waals surface area contributed by atoms with Crippen LogP contribution in [-0.2, 0) is 4.74 Å². The van der Waals surface area contributed by atoms with Crippen LogP contribution in [0, 0.1) is 6.92 Å². The third-order valence-corrected chi connectivity index (χ3v) is 3.85. The zero-order valence-corrected chi connectivity index (χ0v) is 12.7. The maximum Gasteiger partial charge on any atom is 0.340 e. The Morgan fingerprint density at radius 1 is 1.32 bits per heavy atom. The van der Waals surface area contributed by atoms with Crippen LogP contribution in [0.2, 0.25) is 5.02 Å². The number of nitrogens with one attached hydrogen (secondary N) is 1. The van der Waals surface area contributed by atoms with Gasteiger partial charge in [0.25, 0.3) is 5.91 Å². The van der Waals surface area contributed by atoms with Gasteiger partial charge in [0, 0.05) is 10.6 Å². The Labute approximate surface area is 131 Å². The SMILES string of the molecule is COC(=O)c1cc(Cl)c(C)c2c1NC(=O)c1ccccc1O2. The smallest absolute Gasteiger partial charge is 0.340 e. The fourth-order valence-corrected chi connectivity index (χ4v) is 2.48. The molecule has 5 nitrogen and oxygen atoms in total. The van der Waals surface area contributed by atoms with Gasteiger partial charge in [-0.2, -0.15) is 0 Å². The Hall–Kier alpha value is -2.53. The van der Waals surface area contributed by atoms with Gasteiger partial charge < -0.3 is 14.8 Å². The number of esters is 1. The van der Waals surface area contributed by atoms with Crippen LogP contribution in [-0.4, -0.2) is 19.0 Å². The van der Waals surface area contributed by atoms with Gasteiger partial charge in [0.2, 0.25) is 0 Å². The zero-order chi connectivity index (χ0) is 15.9. The Morgan fingerprint density at radius 3 is 2.77 bits per heavy atom. The third-order valence-electron chi connectivity index (χ3n) is 3.45. The van der Waals surface area contributed by atoms with Crippen molar-refractivity contribution in [2.24, 2.45) is 0 Å². The Balaban J connectivity index is 2.27. The number of ether oxygens (including phenoxy) is 2. The molecular formula is C16H12ClNO4. The van der Waals surface area contributed by atoms with Crippen molar-refractivity contribution in [3.63, 3.8) is 0 Å². The zero-order valence-electron chi connectivity index (χ0n) is 11.9. The summed E-state index contributed by atoms with van der Waals surface area (Å²) < 4.78 is 10.6. The molecule has 1 aliphatic rings. The second-order valence-corrected chi connectivity index (χ2v) is 5.19. The molecule has 3 rings (SSSR count). The van der Waals surface area contributed by atoms with Crippen molar-refractivity contribution in [1.82, 2.24) is 0 Å². The van der Waals surface area contributed by atoms with E-state index in [4.69, 9.17) is 21.1 Å². The van der Waals surface area contributed by atoms with Gasteiger partial charge in [-0.15, -0.1) is 0 Å². The number of anilines is 1. The highest BCUT2D eigenvalue weighted by molar-refractivity contribution is 6.32. The molecule has 0 saturated heterocycles. The summed E-state index contributed by atoms with van der Waals surface area (Å²) in [6.07, 6.45) is 0. The van der Waals surface area contributed by atoms with Gasteiger partial charge in [0.1, 0.15) is 5.75 Å². The number of hydrogen-bond acceptors (Lipinski definition) is 4. The summed E-state index contributed by atoms with van der Waals surface area (Å²) in [7, 11) is 1.26. The Bertz CT molecular complexity index is 801. The molecule has 2 aromatic rings. The van der Waals surface area contributed by atoms with Gasteiger partial charge in [-0.25, -0.2) is 4.79 Å². The number of methoxy groups -OCH3 is 1. The van der Waals surface area contributed by atoms with Crippen LogP contribution in [0.15, 0.2) is 30.3 Å². The maximum atomic E-state index is 12.4. The molecular weight excluding hydrogens is 306 g/mol. The van der Waals surface area contributed by atoms with Crippen molar-refractivity contribution in [3.8, 4) is 11.5 Å². The van der Waals surface area contributed by atoms with Gasteiger partial charge in [0.15, 0.2) is 5.75 Å². The van der Waals surface area contributed by atoms with Gasteiger partial charge in [0.05, 0.1) is 23.9 Å². The predicted octanol–water partition coefficient (Wildman–Crippen LogP) is 3.79. The number of rotatable bonds is 1. The minimum Gasteiger partial charge on any atom is -0.465 e. The molecule has 0 bridgehead atoms. The lowest BCUT2D eigenvalue weighted by atomic mass is 10.1. The number of halogens is 1. The van der Waals surface area contributed by atoms with Crippen LogP contribution in [0.25, 0.3) is 0 Å². The van der Waals surface area contributed by atoms with Crippen LogP contribution in [0.4, 0.5) is 5.69 Å². The van der Waals surface area contributed by atoms with Crippen molar-refractivity contribution in [2.45, 2.75) is 6.92 Å². The van der Waals surface area contributed by atoms with Gasteiger partial charge >= 0.3 is 5.97 Å². The van der Waals surface area contributed by atoms with Crippen LogP contribution in [0.1, 0.15) is 26.3 Å². The first-order chi connectivity index (χ1) is 10.5. The minimum absolute atomic E-state index is 0.147. The molecule has 0 aliphatic carbocycles. The largest absolute Gasteiger partial charge is 0.465 e. The topological polar surface area (TPSA) is 64.6 Å². The highest BCUT2D eigenvalue weighted by Gasteiger charge is 2.28. The summed E-state index contributed by atoms with van der Waals surface area (Å²) in [6.45, 7) is 1.75. The summed E-state index contributed by atoms with van der Waals surface area (Å²) in [6, 6.07) is 8.28. The lowest BCUT2D eigenvalue weighted by Crippen LogP contribution is -2.14. The molecule has 6 heteroatoms. The van der Waals surface area contributed by atoms with Crippen LogP contribution < -0.4 is 10.1 Å². The summed E-state index contributed by atoms with van der Waals surface area (Å²) in [4.78, 5) is 24.3. The van der Waals surface area contributed by atoms with Gasteiger partial charge in [-0.3, -0.25) is 4.79 Å². The third kappa shape index (κ3) is 2.19. The summed E-state index contributed by atoms with van der Waals surface area (Å²) in [5.74, 6) is -0.222. The Morgan fingerprint density at radius 2 is 2.05 bits per heavy atom. The lowest BCUT2D eigenvalue weighted by Gasteiger charge is -2.15. The van der Waals surface area contributed by atoms with E-state index >= 15 is 0 Å². The first kappa shape index (κ1) is 14.4. The van der Waals surface area contributed by atoms with Crippen LogP contribution >= 0.6 is 11.6 Å². The first-order valence-corrected chi connectivity index (χ1v) is 6.90. The molecule has 1 heterocycles. The molecule has 1 amide bonds. The summed E-state index contributed by atoms with van der Waals surface area (Å²) in [5, 5.41) is 3.06. The molecule has 1 N–H and O–H groups in total. The van der Waals surface area contributed by atoms with E-state index in [9.17, 15) is 9.59 Å². The van der Waals surface area contributed by atoms with E-state index in [1.165, 1.54) is 13.2 Å². The molecule has 0 spiro atoms. The number of para-hydroxylation sites is 1. The average molecular weight is 318 g/mol. The molecule has 0 saturated carbocycles. The standard InChI is InChI=1S/C16H12ClNO4/c1-8-11(17)7-10(16(20)21-2)13-14(8)22-12-6-4-3-5-9(12)15(19)18-13/h3-7H,1-2H3,(H,18,19). The molecule has 1 aliphatic heterocycles. The van der Waals surface area contributed by atoms with Crippen molar-refractivity contribution >= 4 is 29.2 Å². The predicted molar refractivity (Wildman–Crippen MR) is 82.0 cm³/mol. The fourth-order valence-electron chi connectivity index (χ4n) is 2.28. The minimum atomic E-state index is -0.604. The molecule has 0 unspecified atom stereocenters. The molecule has 0 atom stereocenters. The maximum absolute atomic E-state index is 12.4. The van der Waals surface area contributed by atoms with Crippen molar-refractivity contribution in [3.05, 3.63) is 52.0 Å². The number of fused-ring (bicyclic) bond motifs is 2. The van der Waals surface area contributed by atoms with Crippen LogP contribution in [0.5, 0.6) is 11.5 Å². The summed E-state index contributed by atoms with van der Waals surface area (Å²) >= 11 is 6.17. The van der Waals surface area contributed by atoms with E-state index < -0.39 is 5.97 Å². The normalized spacial score (nSPS) is 12.4. The number of hydrogen-bond donors (Lipinski definition) is 1. The molecule has 112 valence electrons. The molecule has 2 aromatic carbocycles. The van der Waals surface area contributed by atoms with Crippen molar-refractivity contribution < 1.29 is 19.1 Å². The van der Waals surface area contributed by atoms with Crippen LogP contribution in [0.3, 0.4) is 0 Å². The van der Waals surface area contributed by atoms with E-state index in [1.807, 2.05) is 0 Å². The van der Waals surface area contributed by atoms with E-state index in [1.54, 1.807) is 31.2 Å². The fraction of sp³-hybridized carbons (Fsp3) is 0.125. The highest BCUT2D eigenvalue weighted by atomic mass is 35.5. The van der Waals surface area contributed by atoms with E-state index in [0.717, 1.165) is 0 Å². The lowest BCUT2D eigenvalue weighted by molar-refractivity contribution is 0.0601. The molecule has 22 heavy (non-hydrogen) atoms. The number of benzene rings is 2. The Kier molecular flexibility index (Phi) is 3.50. The van der Waals surface area contributed by atoms with Crippen molar-refractivity contribution in [2.75, 3.05) is 12.4 Å². The monoisotopic (exact) mass is 317 g/mol. The van der Waals surface area contributed by atoms with E-state index in [0.29, 0.717) is 27.6 Å². The van der Waals surface area contributed by atoms with Crippen molar-refractivity contribution in [1.29, 1.82) is 0 Å². The molecule has 0 aromatic heterocycles. The van der Waals surface area contributed by atoms with Gasteiger partial charge in [-0.05, 0) is 25.1 Å².